The number of hydrogen-bond donors (Lipinski definition) is 3. The van der Waals surface area contributed by atoms with Gasteiger partial charge in [0.1, 0.15) is 11.6 Å². The number of fused-ring (bicyclic) bond motifs is 3. The van der Waals surface area contributed by atoms with Crippen molar-refractivity contribution in [1.82, 2.24) is 19.8 Å². The zero-order valence-corrected chi connectivity index (χ0v) is 26.4. The van der Waals surface area contributed by atoms with E-state index in [1.54, 1.807) is 18.2 Å². The number of hydrogen-bond acceptors (Lipinski definition) is 6. The van der Waals surface area contributed by atoms with E-state index in [0.717, 1.165) is 43.6 Å². The van der Waals surface area contributed by atoms with E-state index < -0.39 is 11.9 Å². The number of guanidine groups is 1. The minimum atomic E-state index is -0.665. The quantitative estimate of drug-likeness (QED) is 0.270. The van der Waals surface area contributed by atoms with E-state index in [9.17, 15) is 14.3 Å². The minimum absolute atomic E-state index is 0.139. The van der Waals surface area contributed by atoms with Crippen LogP contribution in [0.5, 0.6) is 5.75 Å². The van der Waals surface area contributed by atoms with Crippen LogP contribution in [0.2, 0.25) is 0 Å². The molecule has 2 heterocycles. The van der Waals surface area contributed by atoms with Gasteiger partial charge in [-0.3, -0.25) is 9.36 Å². The second-order valence-corrected chi connectivity index (χ2v) is 13.6. The fourth-order valence-electron chi connectivity index (χ4n) is 7.70. The molecule has 6 atom stereocenters. The van der Waals surface area contributed by atoms with Gasteiger partial charge in [0.15, 0.2) is 5.96 Å². The Morgan fingerprint density at radius 1 is 1.25 bits per heavy atom. The normalized spacial score (nSPS) is 27.1. The lowest BCUT2D eigenvalue weighted by molar-refractivity contribution is -0.108. The van der Waals surface area contributed by atoms with Crippen LogP contribution < -0.4 is 20.9 Å². The number of halogens is 1. The van der Waals surface area contributed by atoms with Gasteiger partial charge in [0.2, 0.25) is 0 Å². The molecule has 4 fully saturated rings. The molecule has 9 nitrogen and oxygen atoms in total. The second kappa shape index (κ2) is 12.1. The fourth-order valence-corrected chi connectivity index (χ4v) is 7.70. The first-order valence-electron chi connectivity index (χ1n) is 15.9. The molecule has 1 aromatic heterocycles. The first kappa shape index (κ1) is 30.5. The van der Waals surface area contributed by atoms with Gasteiger partial charge in [0.25, 0.3) is 5.56 Å². The zero-order chi connectivity index (χ0) is 31.2. The summed E-state index contributed by atoms with van der Waals surface area (Å²) in [5, 5.41) is 17.7. The Labute approximate surface area is 258 Å². The molecule has 3 N–H and O–H groups in total. The molecule has 3 aliphatic carbocycles. The lowest BCUT2D eigenvalue weighted by atomic mass is 9.45. The first-order chi connectivity index (χ1) is 21.1. The maximum absolute atomic E-state index is 14.6. The molecular formula is C34H45FN6O3. The largest absolute Gasteiger partial charge is 0.497 e. The molecule has 2 bridgehead atoms. The number of aliphatic hydroxyl groups excluding tert-OH is 1. The molecule has 1 aliphatic heterocycles. The van der Waals surface area contributed by atoms with E-state index in [1.807, 2.05) is 12.1 Å². The van der Waals surface area contributed by atoms with E-state index in [1.165, 1.54) is 30.5 Å². The van der Waals surface area contributed by atoms with Crippen molar-refractivity contribution in [3.63, 3.8) is 0 Å². The van der Waals surface area contributed by atoms with Crippen molar-refractivity contribution in [2.75, 3.05) is 38.7 Å². The number of benzene rings is 2. The summed E-state index contributed by atoms with van der Waals surface area (Å²) in [4.78, 5) is 25.8. The smallest absolute Gasteiger partial charge is 0.261 e. The van der Waals surface area contributed by atoms with Crippen LogP contribution in [0.15, 0.2) is 52.5 Å². The molecule has 0 unspecified atom stereocenters. The third kappa shape index (κ3) is 5.70. The van der Waals surface area contributed by atoms with Crippen molar-refractivity contribution in [3.05, 3.63) is 64.5 Å². The Balaban J connectivity index is 1.26. The number of nitrogens with zero attached hydrogens (tertiary/aromatic N) is 4. The monoisotopic (exact) mass is 604 g/mol. The minimum Gasteiger partial charge on any atom is -0.497 e. The van der Waals surface area contributed by atoms with Gasteiger partial charge in [0, 0.05) is 37.4 Å². The Morgan fingerprint density at radius 2 is 2.07 bits per heavy atom. The average Bonchev–Trinajstić information content (AvgIpc) is 3.01. The van der Waals surface area contributed by atoms with Crippen molar-refractivity contribution in [1.29, 1.82) is 0 Å². The van der Waals surface area contributed by atoms with Crippen LogP contribution in [0.3, 0.4) is 0 Å². The van der Waals surface area contributed by atoms with Crippen LogP contribution in [0.25, 0.3) is 10.9 Å². The topological polar surface area (TPSA) is 104 Å². The summed E-state index contributed by atoms with van der Waals surface area (Å²) >= 11 is 0. The predicted molar refractivity (Wildman–Crippen MR) is 172 cm³/mol. The summed E-state index contributed by atoms with van der Waals surface area (Å²) in [6.07, 6.45) is 4.01. The fraction of sp³-hybridized carbons (Fsp3) is 0.559. The second-order valence-electron chi connectivity index (χ2n) is 13.6. The molecule has 0 radical (unpaired) electrons. The van der Waals surface area contributed by atoms with Crippen LogP contribution in [0.1, 0.15) is 52.1 Å². The summed E-state index contributed by atoms with van der Waals surface area (Å²) in [7, 11) is 1.48. The Kier molecular flexibility index (Phi) is 8.41. The van der Waals surface area contributed by atoms with Crippen molar-refractivity contribution < 1.29 is 14.2 Å². The van der Waals surface area contributed by atoms with Crippen LogP contribution in [0.4, 0.5) is 10.1 Å². The Morgan fingerprint density at radius 3 is 2.75 bits per heavy atom. The van der Waals surface area contributed by atoms with Gasteiger partial charge >= 0.3 is 0 Å². The van der Waals surface area contributed by atoms with Gasteiger partial charge in [-0.15, -0.1) is 0 Å². The molecule has 3 saturated carbocycles. The number of aliphatic imine (C=N–C) groups is 1. The standard InChI is InChI=1S/C34H45FN6O3/c1-20-17-40(11-10-36-20)33(39-30-14-23-13-28(21(30)2)34(23,3)4)38-24-7-9-27-31(15-24)37-19-41(32(27)43)25(18-42)12-22-6-8-26(44-5)16-29(22)35/h6-9,15-16,19-21,23,25,28,30,36,42H,10-14,17-18H2,1-5H3,(H,38,39)/t20-,21-,23+,25-,28-,30-/m0/s1. The summed E-state index contributed by atoms with van der Waals surface area (Å²) in [6, 6.07) is 10.1. The van der Waals surface area contributed by atoms with Gasteiger partial charge < -0.3 is 25.4 Å². The van der Waals surface area contributed by atoms with E-state index in [0.29, 0.717) is 45.5 Å². The highest BCUT2D eigenvalue weighted by Gasteiger charge is 2.56. The van der Waals surface area contributed by atoms with E-state index in [-0.39, 0.29) is 24.6 Å². The van der Waals surface area contributed by atoms with Crippen LogP contribution in [-0.2, 0) is 6.42 Å². The van der Waals surface area contributed by atoms with E-state index in [2.05, 4.69) is 48.2 Å². The number of piperazine rings is 1. The maximum atomic E-state index is 14.6. The summed E-state index contributed by atoms with van der Waals surface area (Å²) in [5.74, 6) is 2.79. The zero-order valence-electron chi connectivity index (χ0n) is 26.4. The van der Waals surface area contributed by atoms with Crippen molar-refractivity contribution in [3.8, 4) is 5.75 Å². The maximum Gasteiger partial charge on any atom is 0.261 e. The molecule has 4 aliphatic rings. The molecule has 2 aromatic carbocycles. The summed E-state index contributed by atoms with van der Waals surface area (Å²) in [6.45, 7) is 11.7. The number of ether oxygens (including phenoxy) is 1. The molecule has 10 heteroatoms. The molecule has 0 spiro atoms. The predicted octanol–water partition coefficient (Wildman–Crippen LogP) is 4.45. The highest BCUT2D eigenvalue weighted by molar-refractivity contribution is 5.96. The van der Waals surface area contributed by atoms with Gasteiger partial charge in [-0.05, 0) is 79.2 Å². The van der Waals surface area contributed by atoms with E-state index in [4.69, 9.17) is 9.73 Å². The number of aromatic nitrogens is 2. The van der Waals surface area contributed by atoms with Gasteiger partial charge in [0.05, 0.1) is 43.0 Å². The number of anilines is 1. The molecule has 3 aromatic rings. The number of aliphatic hydroxyl groups is 1. The third-order valence-electron chi connectivity index (χ3n) is 10.6. The highest BCUT2D eigenvalue weighted by Crippen LogP contribution is 2.61. The molecule has 236 valence electrons. The summed E-state index contributed by atoms with van der Waals surface area (Å²) < 4.78 is 21.1. The van der Waals surface area contributed by atoms with Crippen molar-refractivity contribution >= 4 is 22.5 Å². The van der Waals surface area contributed by atoms with Crippen LogP contribution in [0, 0.1) is 29.0 Å². The van der Waals surface area contributed by atoms with Crippen molar-refractivity contribution in [2.45, 2.75) is 65.1 Å². The molecule has 0 amide bonds. The average molecular weight is 605 g/mol. The third-order valence-corrected chi connectivity index (χ3v) is 10.6. The molecular weight excluding hydrogens is 559 g/mol. The highest BCUT2D eigenvalue weighted by atomic mass is 19.1. The molecule has 7 rings (SSSR count). The lowest BCUT2D eigenvalue weighted by Crippen LogP contribution is -2.57. The van der Waals surface area contributed by atoms with Crippen molar-refractivity contribution in [2.24, 2.45) is 28.2 Å². The molecule has 1 saturated heterocycles. The SMILES string of the molecule is COc1ccc(C[C@@H](CO)n2cnc3cc(NC(=N[C@H]4C[C@H]5C[C@@H]([C@@H]4C)C5(C)C)N4CCN[C@@H](C)C4)ccc3c2=O)c(F)c1. The van der Waals surface area contributed by atoms with Crippen LogP contribution in [-0.4, -0.2) is 71.0 Å². The lowest BCUT2D eigenvalue weighted by Gasteiger charge is -2.61. The van der Waals surface area contributed by atoms with Gasteiger partial charge in [-0.1, -0.05) is 26.8 Å². The number of methoxy groups -OCH3 is 1. The van der Waals surface area contributed by atoms with E-state index >= 15 is 0 Å². The van der Waals surface area contributed by atoms with Gasteiger partial charge in [-0.2, -0.15) is 0 Å². The number of nitrogens with one attached hydrogen (secondary N) is 2. The first-order valence-corrected chi connectivity index (χ1v) is 15.9. The Bertz CT molecular complexity index is 1610. The number of rotatable bonds is 7. The summed E-state index contributed by atoms with van der Waals surface area (Å²) in [5.41, 5.74) is 1.87. The molecule has 44 heavy (non-hydrogen) atoms. The van der Waals surface area contributed by atoms with Gasteiger partial charge in [-0.25, -0.2) is 14.4 Å². The van der Waals surface area contributed by atoms with Crippen LogP contribution >= 0.6 is 0 Å². The Hall–Kier alpha value is -3.50.